The summed E-state index contributed by atoms with van der Waals surface area (Å²) in [6.07, 6.45) is 6.51. The van der Waals surface area contributed by atoms with Gasteiger partial charge in [-0.3, -0.25) is 4.79 Å². The van der Waals surface area contributed by atoms with Crippen LogP contribution in [0, 0.1) is 0 Å². The fourth-order valence-corrected chi connectivity index (χ4v) is 2.13. The van der Waals surface area contributed by atoms with E-state index in [2.05, 4.69) is 36.6 Å². The van der Waals surface area contributed by atoms with Crippen LogP contribution >= 0.6 is 0 Å². The number of unbranched alkanes of at least 4 members (excludes halogenated alkanes) is 4. The molecule has 0 spiro atoms. The van der Waals surface area contributed by atoms with Gasteiger partial charge in [0.25, 0.3) is 0 Å². The molecule has 20 heavy (non-hydrogen) atoms. The topological polar surface area (TPSA) is 41.1 Å². The van der Waals surface area contributed by atoms with E-state index in [1.807, 2.05) is 19.2 Å². The fraction of sp³-hybridized carbons (Fsp3) is 0.588. The van der Waals surface area contributed by atoms with Gasteiger partial charge in [0.2, 0.25) is 5.91 Å². The summed E-state index contributed by atoms with van der Waals surface area (Å²) in [5.41, 5.74) is 2.11. The Morgan fingerprint density at radius 2 is 1.75 bits per heavy atom. The van der Waals surface area contributed by atoms with Gasteiger partial charge in [-0.1, -0.05) is 44.7 Å². The lowest BCUT2D eigenvalue weighted by atomic mass is 10.1. The summed E-state index contributed by atoms with van der Waals surface area (Å²) in [5.74, 6) is 0.121. The fourth-order valence-electron chi connectivity index (χ4n) is 2.13. The van der Waals surface area contributed by atoms with Crippen LogP contribution in [-0.4, -0.2) is 13.0 Å². The van der Waals surface area contributed by atoms with Crippen molar-refractivity contribution in [2.45, 2.75) is 58.4 Å². The summed E-state index contributed by atoms with van der Waals surface area (Å²) in [6.45, 7) is 4.31. The first-order valence-corrected chi connectivity index (χ1v) is 7.74. The number of benzene rings is 1. The molecule has 0 heterocycles. The zero-order valence-electron chi connectivity index (χ0n) is 13.0. The molecule has 0 aliphatic rings. The van der Waals surface area contributed by atoms with E-state index in [1.165, 1.54) is 24.8 Å². The summed E-state index contributed by atoms with van der Waals surface area (Å²) in [4.78, 5) is 11.8. The van der Waals surface area contributed by atoms with Gasteiger partial charge in [0.05, 0.1) is 0 Å². The number of amides is 1. The molecule has 0 saturated heterocycles. The maximum absolute atomic E-state index is 11.8. The van der Waals surface area contributed by atoms with Gasteiger partial charge in [-0.2, -0.15) is 0 Å². The van der Waals surface area contributed by atoms with Crippen LogP contribution in [0.25, 0.3) is 0 Å². The minimum atomic E-state index is 0.121. The van der Waals surface area contributed by atoms with Gasteiger partial charge in [0.1, 0.15) is 0 Å². The van der Waals surface area contributed by atoms with Crippen molar-refractivity contribution < 1.29 is 4.79 Å². The predicted octanol–water partition coefficient (Wildman–Crippen LogP) is 4.27. The Morgan fingerprint density at radius 3 is 2.35 bits per heavy atom. The lowest BCUT2D eigenvalue weighted by molar-refractivity contribution is -0.116. The van der Waals surface area contributed by atoms with Gasteiger partial charge in [-0.05, 0) is 38.1 Å². The van der Waals surface area contributed by atoms with Gasteiger partial charge >= 0.3 is 0 Å². The highest BCUT2D eigenvalue weighted by Gasteiger charge is 2.04. The average Bonchev–Trinajstić information content (AvgIpc) is 2.47. The maximum Gasteiger partial charge on any atom is 0.224 e. The zero-order chi connectivity index (χ0) is 14.8. The number of hydrogen-bond donors (Lipinski definition) is 2. The number of carbonyl (C=O) groups is 1. The lowest BCUT2D eigenvalue weighted by Gasteiger charge is -2.11. The first kappa shape index (κ1) is 16.7. The van der Waals surface area contributed by atoms with E-state index in [-0.39, 0.29) is 5.91 Å². The number of anilines is 1. The highest BCUT2D eigenvalue weighted by molar-refractivity contribution is 5.90. The van der Waals surface area contributed by atoms with Crippen molar-refractivity contribution in [2.24, 2.45) is 0 Å². The smallest absolute Gasteiger partial charge is 0.224 e. The van der Waals surface area contributed by atoms with E-state index in [4.69, 9.17) is 0 Å². The zero-order valence-corrected chi connectivity index (χ0v) is 13.0. The molecule has 0 aliphatic heterocycles. The van der Waals surface area contributed by atoms with E-state index in [9.17, 15) is 4.79 Å². The molecule has 3 heteroatoms. The lowest BCUT2D eigenvalue weighted by Crippen LogP contribution is -2.13. The molecule has 0 saturated carbocycles. The van der Waals surface area contributed by atoms with Gasteiger partial charge in [-0.25, -0.2) is 0 Å². The minimum absolute atomic E-state index is 0.121. The summed E-state index contributed by atoms with van der Waals surface area (Å²) in [5, 5.41) is 6.16. The van der Waals surface area contributed by atoms with Gasteiger partial charge < -0.3 is 10.6 Å². The van der Waals surface area contributed by atoms with E-state index in [1.54, 1.807) is 0 Å². The van der Waals surface area contributed by atoms with E-state index >= 15 is 0 Å². The average molecular weight is 276 g/mol. The van der Waals surface area contributed by atoms with Gasteiger partial charge in [0, 0.05) is 18.2 Å². The van der Waals surface area contributed by atoms with Crippen molar-refractivity contribution in [3.63, 3.8) is 0 Å². The van der Waals surface area contributed by atoms with Gasteiger partial charge in [0.15, 0.2) is 0 Å². The third kappa shape index (κ3) is 6.20. The molecule has 1 amide bonds. The van der Waals surface area contributed by atoms with Crippen molar-refractivity contribution in [1.82, 2.24) is 5.32 Å². The quantitative estimate of drug-likeness (QED) is 0.661. The second-order valence-electron chi connectivity index (χ2n) is 5.34. The number of nitrogens with one attached hydrogen (secondary N) is 2. The summed E-state index contributed by atoms with van der Waals surface area (Å²) < 4.78 is 0. The summed E-state index contributed by atoms with van der Waals surface area (Å²) in [7, 11) is 1.94. The highest BCUT2D eigenvalue weighted by atomic mass is 16.1. The van der Waals surface area contributed by atoms with Crippen LogP contribution in [0.5, 0.6) is 0 Å². The van der Waals surface area contributed by atoms with E-state index in [0.29, 0.717) is 12.5 Å². The van der Waals surface area contributed by atoms with Crippen molar-refractivity contribution in [3.05, 3.63) is 29.8 Å². The molecule has 1 unspecified atom stereocenters. The number of hydrogen-bond acceptors (Lipinski definition) is 2. The highest BCUT2D eigenvalue weighted by Crippen LogP contribution is 2.16. The Hall–Kier alpha value is -1.35. The minimum Gasteiger partial charge on any atom is -0.326 e. The molecule has 0 aromatic heterocycles. The Balaban J connectivity index is 2.31. The van der Waals surface area contributed by atoms with E-state index < -0.39 is 0 Å². The SMILES string of the molecule is CCCCCCCC(=O)Nc1ccc(C(C)NC)cc1. The third-order valence-electron chi connectivity index (χ3n) is 3.63. The molecule has 1 rings (SSSR count). The predicted molar refractivity (Wildman–Crippen MR) is 85.9 cm³/mol. The van der Waals surface area contributed by atoms with Crippen molar-refractivity contribution in [1.29, 1.82) is 0 Å². The van der Waals surface area contributed by atoms with E-state index in [0.717, 1.165) is 18.5 Å². The molecule has 0 radical (unpaired) electrons. The molecule has 112 valence electrons. The molecule has 0 bridgehead atoms. The van der Waals surface area contributed by atoms with Crippen LogP contribution in [-0.2, 0) is 4.79 Å². The second-order valence-corrected chi connectivity index (χ2v) is 5.34. The summed E-state index contributed by atoms with van der Waals surface area (Å²) in [6, 6.07) is 8.38. The Kier molecular flexibility index (Phi) is 7.97. The molecule has 2 N–H and O–H groups in total. The maximum atomic E-state index is 11.8. The van der Waals surface area contributed by atoms with Crippen LogP contribution in [0.3, 0.4) is 0 Å². The third-order valence-corrected chi connectivity index (χ3v) is 3.63. The Bertz CT molecular complexity index is 386. The van der Waals surface area contributed by atoms with Crippen molar-refractivity contribution >= 4 is 11.6 Å². The first-order chi connectivity index (χ1) is 9.67. The first-order valence-electron chi connectivity index (χ1n) is 7.74. The van der Waals surface area contributed by atoms with Crippen LogP contribution in [0.1, 0.15) is 64.0 Å². The largest absolute Gasteiger partial charge is 0.326 e. The monoisotopic (exact) mass is 276 g/mol. The second kappa shape index (κ2) is 9.54. The molecular formula is C17H28N2O. The molecule has 1 aromatic rings. The Morgan fingerprint density at radius 1 is 1.10 bits per heavy atom. The van der Waals surface area contributed by atoms with Crippen LogP contribution < -0.4 is 10.6 Å². The summed E-state index contributed by atoms with van der Waals surface area (Å²) >= 11 is 0. The number of carbonyl (C=O) groups excluding carboxylic acids is 1. The van der Waals surface area contributed by atoms with Crippen LogP contribution in [0.2, 0.25) is 0 Å². The van der Waals surface area contributed by atoms with Crippen LogP contribution in [0.4, 0.5) is 5.69 Å². The Labute approximate surface area is 123 Å². The normalized spacial score (nSPS) is 12.2. The van der Waals surface area contributed by atoms with Crippen molar-refractivity contribution in [3.8, 4) is 0 Å². The van der Waals surface area contributed by atoms with Gasteiger partial charge in [-0.15, -0.1) is 0 Å². The molecular weight excluding hydrogens is 248 g/mol. The molecule has 1 aromatic carbocycles. The molecule has 1 atom stereocenters. The standard InChI is InChI=1S/C17H28N2O/c1-4-5-6-7-8-9-17(20)19-16-12-10-15(11-13-16)14(2)18-3/h10-14,18H,4-9H2,1-3H3,(H,19,20). The molecule has 0 fully saturated rings. The molecule has 3 nitrogen and oxygen atoms in total. The number of rotatable bonds is 9. The molecule has 0 aliphatic carbocycles. The van der Waals surface area contributed by atoms with Crippen LogP contribution in [0.15, 0.2) is 24.3 Å². The van der Waals surface area contributed by atoms with Crippen molar-refractivity contribution in [2.75, 3.05) is 12.4 Å².